The summed E-state index contributed by atoms with van der Waals surface area (Å²) in [5, 5.41) is 0. The molecule has 0 saturated carbocycles. The molecule has 6 heteroatoms. The van der Waals surface area contributed by atoms with Gasteiger partial charge in [0, 0.05) is 12.6 Å². The fourth-order valence-corrected chi connectivity index (χ4v) is 1.99. The van der Waals surface area contributed by atoms with E-state index in [1.807, 2.05) is 6.08 Å². The molecule has 122 valence electrons. The van der Waals surface area contributed by atoms with Crippen LogP contribution in [0.5, 0.6) is 0 Å². The zero-order chi connectivity index (χ0) is 16.2. The number of nitrogens with two attached hydrogens (primary N) is 1. The number of carbonyl (C=O) groups is 2. The number of ether oxygens (including phenoxy) is 1. The number of esters is 1. The highest BCUT2D eigenvalue weighted by Crippen LogP contribution is 2.05. The van der Waals surface area contributed by atoms with E-state index in [1.54, 1.807) is 0 Å². The van der Waals surface area contributed by atoms with Gasteiger partial charge in [0.2, 0.25) is 6.41 Å². The molecule has 1 heterocycles. The lowest BCUT2D eigenvalue weighted by Gasteiger charge is -2.07. The van der Waals surface area contributed by atoms with E-state index >= 15 is 0 Å². The Balaban J connectivity index is 2.19. The van der Waals surface area contributed by atoms with Gasteiger partial charge in [0.25, 0.3) is 0 Å². The molecule has 0 saturated heterocycles. The Morgan fingerprint density at radius 3 is 2.86 bits per heavy atom. The SMILES string of the molecule is CCCCCCCC=COC(=O)[C@@H](N)Cc1cn(C=O)cn1. The van der Waals surface area contributed by atoms with Crippen LogP contribution in [-0.2, 0) is 20.7 Å². The maximum absolute atomic E-state index is 11.7. The molecule has 1 aromatic heterocycles. The molecule has 0 spiro atoms. The summed E-state index contributed by atoms with van der Waals surface area (Å²) in [6.45, 7) is 2.19. The van der Waals surface area contributed by atoms with E-state index in [0.29, 0.717) is 12.1 Å². The summed E-state index contributed by atoms with van der Waals surface area (Å²) < 4.78 is 6.26. The van der Waals surface area contributed by atoms with Crippen LogP contribution in [0.3, 0.4) is 0 Å². The molecule has 0 bridgehead atoms. The van der Waals surface area contributed by atoms with Gasteiger partial charge in [-0.3, -0.25) is 9.36 Å². The molecule has 0 amide bonds. The van der Waals surface area contributed by atoms with E-state index in [0.717, 1.165) is 12.8 Å². The minimum absolute atomic E-state index is 0.241. The number of unbranched alkanes of at least 4 members (excludes halogenated alkanes) is 5. The maximum atomic E-state index is 11.7. The summed E-state index contributed by atoms with van der Waals surface area (Å²) in [5.74, 6) is -0.497. The topological polar surface area (TPSA) is 87.2 Å². The molecule has 2 N–H and O–H groups in total. The van der Waals surface area contributed by atoms with E-state index in [2.05, 4.69) is 11.9 Å². The van der Waals surface area contributed by atoms with Gasteiger partial charge >= 0.3 is 5.97 Å². The molecule has 0 aliphatic carbocycles. The molecule has 0 aliphatic rings. The van der Waals surface area contributed by atoms with E-state index in [4.69, 9.17) is 10.5 Å². The van der Waals surface area contributed by atoms with Crippen LogP contribution in [0.1, 0.15) is 51.1 Å². The van der Waals surface area contributed by atoms with Crippen LogP contribution in [0.2, 0.25) is 0 Å². The predicted octanol–water partition coefficient (Wildman–Crippen LogP) is 2.21. The second kappa shape index (κ2) is 10.7. The van der Waals surface area contributed by atoms with Crippen molar-refractivity contribution < 1.29 is 14.3 Å². The Labute approximate surface area is 131 Å². The first kappa shape index (κ1) is 18.1. The van der Waals surface area contributed by atoms with Gasteiger partial charge in [0.1, 0.15) is 12.4 Å². The highest BCUT2D eigenvalue weighted by atomic mass is 16.5. The lowest BCUT2D eigenvalue weighted by molar-refractivity contribution is -0.139. The first-order valence-electron chi connectivity index (χ1n) is 7.76. The van der Waals surface area contributed by atoms with Crippen molar-refractivity contribution in [2.24, 2.45) is 5.73 Å². The number of nitrogens with zero attached hydrogens (tertiary/aromatic N) is 2. The summed E-state index contributed by atoms with van der Waals surface area (Å²) in [4.78, 5) is 26.2. The van der Waals surface area contributed by atoms with Crippen molar-refractivity contribution in [3.05, 3.63) is 30.6 Å². The van der Waals surface area contributed by atoms with Crippen LogP contribution in [0.15, 0.2) is 24.9 Å². The average molecular weight is 307 g/mol. The van der Waals surface area contributed by atoms with Gasteiger partial charge in [0.15, 0.2) is 0 Å². The largest absolute Gasteiger partial charge is 0.434 e. The van der Waals surface area contributed by atoms with Crippen LogP contribution in [0, 0.1) is 0 Å². The van der Waals surface area contributed by atoms with Crippen LogP contribution in [0.4, 0.5) is 0 Å². The summed E-state index contributed by atoms with van der Waals surface area (Å²) in [6.07, 6.45) is 14.0. The normalized spacial score (nSPS) is 12.5. The molecule has 1 aromatic rings. The Kier molecular flexibility index (Phi) is 8.83. The summed E-state index contributed by atoms with van der Waals surface area (Å²) in [5.41, 5.74) is 6.33. The number of carbonyl (C=O) groups excluding carboxylic acids is 2. The Bertz CT molecular complexity index is 483. The summed E-state index contributed by atoms with van der Waals surface area (Å²) in [7, 11) is 0. The summed E-state index contributed by atoms with van der Waals surface area (Å²) >= 11 is 0. The van der Waals surface area contributed by atoms with Crippen molar-refractivity contribution in [1.29, 1.82) is 0 Å². The van der Waals surface area contributed by atoms with Crippen molar-refractivity contribution in [1.82, 2.24) is 9.55 Å². The third kappa shape index (κ3) is 7.17. The van der Waals surface area contributed by atoms with Gasteiger partial charge in [-0.25, -0.2) is 9.78 Å². The average Bonchev–Trinajstić information content (AvgIpc) is 2.97. The summed E-state index contributed by atoms with van der Waals surface area (Å²) in [6, 6.07) is -0.788. The van der Waals surface area contributed by atoms with Gasteiger partial charge in [-0.05, 0) is 18.9 Å². The molecule has 0 aliphatic heterocycles. The third-order valence-electron chi connectivity index (χ3n) is 3.26. The van der Waals surface area contributed by atoms with E-state index < -0.39 is 12.0 Å². The number of hydrogen-bond donors (Lipinski definition) is 1. The first-order chi connectivity index (χ1) is 10.7. The minimum atomic E-state index is -0.788. The minimum Gasteiger partial charge on any atom is -0.434 e. The number of imidazole rings is 1. The molecular weight excluding hydrogens is 282 g/mol. The lowest BCUT2D eigenvalue weighted by Crippen LogP contribution is -2.33. The standard InChI is InChI=1S/C16H25N3O3/c1-2-3-4-5-6-7-8-9-22-16(21)15(17)10-14-11-19(13-20)12-18-14/h8-9,11-13,15H,2-7,10,17H2,1H3/t15-/m0/s1. The van der Waals surface area contributed by atoms with Crippen molar-refractivity contribution in [3.8, 4) is 0 Å². The Hall–Kier alpha value is -1.95. The number of hydrogen-bond acceptors (Lipinski definition) is 5. The maximum Gasteiger partial charge on any atom is 0.328 e. The predicted molar refractivity (Wildman–Crippen MR) is 84.7 cm³/mol. The zero-order valence-electron chi connectivity index (χ0n) is 13.1. The van der Waals surface area contributed by atoms with Gasteiger partial charge in [-0.2, -0.15) is 0 Å². The van der Waals surface area contributed by atoms with Crippen molar-refractivity contribution in [3.63, 3.8) is 0 Å². The van der Waals surface area contributed by atoms with Gasteiger partial charge in [-0.1, -0.05) is 32.6 Å². The quantitative estimate of drug-likeness (QED) is 0.293. The molecule has 0 aromatic carbocycles. The van der Waals surface area contributed by atoms with Crippen LogP contribution >= 0.6 is 0 Å². The second-order valence-electron chi connectivity index (χ2n) is 5.24. The van der Waals surface area contributed by atoms with Gasteiger partial charge in [0.05, 0.1) is 12.0 Å². The molecule has 1 atom stereocenters. The fraction of sp³-hybridized carbons (Fsp3) is 0.562. The lowest BCUT2D eigenvalue weighted by atomic mass is 10.1. The molecular formula is C16H25N3O3. The Morgan fingerprint density at radius 1 is 1.41 bits per heavy atom. The van der Waals surface area contributed by atoms with E-state index in [-0.39, 0.29) is 6.42 Å². The van der Waals surface area contributed by atoms with Crippen LogP contribution in [0.25, 0.3) is 0 Å². The highest BCUT2D eigenvalue weighted by Gasteiger charge is 2.16. The highest BCUT2D eigenvalue weighted by molar-refractivity contribution is 5.76. The second-order valence-corrected chi connectivity index (χ2v) is 5.24. The fourth-order valence-electron chi connectivity index (χ4n) is 1.99. The zero-order valence-corrected chi connectivity index (χ0v) is 13.1. The molecule has 0 fully saturated rings. The molecule has 1 rings (SSSR count). The molecule has 0 unspecified atom stereocenters. The van der Waals surface area contributed by atoms with Crippen molar-refractivity contribution >= 4 is 12.4 Å². The van der Waals surface area contributed by atoms with Crippen molar-refractivity contribution in [2.45, 2.75) is 57.9 Å². The van der Waals surface area contributed by atoms with Gasteiger partial charge in [-0.15, -0.1) is 0 Å². The Morgan fingerprint density at radius 2 is 2.18 bits per heavy atom. The number of rotatable bonds is 11. The van der Waals surface area contributed by atoms with Crippen LogP contribution in [-0.4, -0.2) is 28.0 Å². The van der Waals surface area contributed by atoms with E-state index in [9.17, 15) is 9.59 Å². The molecule has 22 heavy (non-hydrogen) atoms. The van der Waals surface area contributed by atoms with Gasteiger partial charge < -0.3 is 10.5 Å². The van der Waals surface area contributed by atoms with E-state index in [1.165, 1.54) is 49.0 Å². The smallest absolute Gasteiger partial charge is 0.328 e. The first-order valence-corrected chi connectivity index (χ1v) is 7.76. The molecule has 0 radical (unpaired) electrons. The third-order valence-corrected chi connectivity index (χ3v) is 3.26. The monoisotopic (exact) mass is 307 g/mol. The molecule has 6 nitrogen and oxygen atoms in total. The number of aromatic nitrogens is 2. The number of allylic oxidation sites excluding steroid dienone is 1. The van der Waals surface area contributed by atoms with Crippen molar-refractivity contribution in [2.75, 3.05) is 0 Å². The van der Waals surface area contributed by atoms with Crippen LogP contribution < -0.4 is 5.73 Å².